The Kier molecular flexibility index (Phi) is 7.65. The Morgan fingerprint density at radius 2 is 2.05 bits per heavy atom. The van der Waals surface area contributed by atoms with Crippen molar-refractivity contribution >= 4 is 28.2 Å². The summed E-state index contributed by atoms with van der Waals surface area (Å²) in [7, 11) is 0. The summed E-state index contributed by atoms with van der Waals surface area (Å²) < 4.78 is 15.4. The van der Waals surface area contributed by atoms with Gasteiger partial charge in [-0.2, -0.15) is 0 Å². The summed E-state index contributed by atoms with van der Waals surface area (Å²) in [6.07, 6.45) is 5.58. The van der Waals surface area contributed by atoms with Crippen molar-refractivity contribution in [1.29, 1.82) is 0 Å². The standard InChI is InChI=1S/C28H22FN9O4/c1-3-11-37(15-17-7-10-24-22(12-17)28(40)31-16(2)30-24)19-8-9-21(23(29)14-19)27(39)32-25(26-33-35-36-34-26)18-5-4-6-20(13-18)38(41)42/h1,4-10,12-14,25H,11,15H2,2H3,(H,32,39)(H,30,31,40)(H,33,34,35,36). The number of amides is 1. The molecule has 5 aromatic rings. The highest BCUT2D eigenvalue weighted by Gasteiger charge is 2.25. The number of nitro benzene ring substituents is 1. The van der Waals surface area contributed by atoms with Gasteiger partial charge in [-0.3, -0.25) is 19.7 Å². The van der Waals surface area contributed by atoms with Gasteiger partial charge in [-0.25, -0.2) is 14.5 Å². The third-order valence-electron chi connectivity index (χ3n) is 6.43. The molecule has 3 aromatic carbocycles. The van der Waals surface area contributed by atoms with E-state index in [-0.39, 0.29) is 35.7 Å². The molecule has 2 heterocycles. The number of nitrogens with one attached hydrogen (secondary N) is 3. The van der Waals surface area contributed by atoms with E-state index in [4.69, 9.17) is 6.42 Å². The van der Waals surface area contributed by atoms with Gasteiger partial charge < -0.3 is 15.2 Å². The number of rotatable bonds is 9. The summed E-state index contributed by atoms with van der Waals surface area (Å²) in [4.78, 5) is 45.0. The maximum absolute atomic E-state index is 15.4. The molecule has 13 nitrogen and oxygen atoms in total. The fourth-order valence-electron chi connectivity index (χ4n) is 4.48. The Morgan fingerprint density at radius 1 is 1.21 bits per heavy atom. The molecule has 0 aliphatic heterocycles. The first-order chi connectivity index (χ1) is 20.2. The number of nitro groups is 1. The molecule has 210 valence electrons. The number of H-pyrrole nitrogens is 2. The predicted octanol–water partition coefficient (Wildman–Crippen LogP) is 2.95. The van der Waals surface area contributed by atoms with Crippen LogP contribution in [-0.2, 0) is 6.54 Å². The number of fused-ring (bicyclic) bond motifs is 1. The lowest BCUT2D eigenvalue weighted by Crippen LogP contribution is -2.31. The first-order valence-electron chi connectivity index (χ1n) is 12.5. The van der Waals surface area contributed by atoms with Crippen LogP contribution in [0.3, 0.4) is 0 Å². The molecule has 0 saturated heterocycles. The molecule has 0 radical (unpaired) electrons. The number of anilines is 1. The Balaban J connectivity index is 1.40. The number of aromatic amines is 2. The van der Waals surface area contributed by atoms with Crippen LogP contribution in [0.4, 0.5) is 15.8 Å². The molecule has 0 spiro atoms. The Hall–Kier alpha value is -5.97. The van der Waals surface area contributed by atoms with Crippen molar-refractivity contribution < 1.29 is 14.1 Å². The Labute approximate surface area is 237 Å². The number of hydrogen-bond donors (Lipinski definition) is 3. The van der Waals surface area contributed by atoms with Crippen molar-refractivity contribution in [3.05, 3.63) is 115 Å². The van der Waals surface area contributed by atoms with E-state index in [0.717, 1.165) is 5.56 Å². The van der Waals surface area contributed by atoms with Crippen LogP contribution < -0.4 is 15.8 Å². The SMILES string of the molecule is C#CCN(Cc1ccc2nc(C)[nH]c(=O)c2c1)c1ccc(C(=O)NC(c2cccc([N+](=O)[O-])c2)c2nnn[nH]2)c(F)c1. The van der Waals surface area contributed by atoms with Gasteiger partial charge in [0.25, 0.3) is 17.2 Å². The number of tetrazole rings is 1. The maximum atomic E-state index is 15.4. The molecule has 0 fully saturated rings. The van der Waals surface area contributed by atoms with Crippen molar-refractivity contribution in [3.63, 3.8) is 0 Å². The topological polar surface area (TPSA) is 176 Å². The van der Waals surface area contributed by atoms with Crippen LogP contribution in [0.15, 0.2) is 65.5 Å². The molecular weight excluding hydrogens is 545 g/mol. The van der Waals surface area contributed by atoms with E-state index in [2.05, 4.69) is 41.8 Å². The number of carbonyl (C=O) groups excluding carboxylic acids is 1. The van der Waals surface area contributed by atoms with Crippen LogP contribution in [0.5, 0.6) is 0 Å². The molecule has 2 aromatic heterocycles. The number of benzene rings is 3. The van der Waals surface area contributed by atoms with E-state index < -0.39 is 22.7 Å². The van der Waals surface area contributed by atoms with Crippen molar-refractivity contribution in [2.24, 2.45) is 0 Å². The number of aromatic nitrogens is 6. The summed E-state index contributed by atoms with van der Waals surface area (Å²) in [5, 5.41) is 27.7. The van der Waals surface area contributed by atoms with Crippen molar-refractivity contribution in [2.45, 2.75) is 19.5 Å². The first-order valence-corrected chi connectivity index (χ1v) is 12.5. The molecule has 0 aliphatic rings. The Morgan fingerprint density at radius 3 is 2.76 bits per heavy atom. The lowest BCUT2D eigenvalue weighted by molar-refractivity contribution is -0.384. The number of hydrogen-bond acceptors (Lipinski definition) is 9. The van der Waals surface area contributed by atoms with Crippen LogP contribution in [0.2, 0.25) is 0 Å². The van der Waals surface area contributed by atoms with Crippen molar-refractivity contribution in [2.75, 3.05) is 11.4 Å². The van der Waals surface area contributed by atoms with E-state index >= 15 is 4.39 Å². The molecule has 0 bridgehead atoms. The van der Waals surface area contributed by atoms with Crippen molar-refractivity contribution in [3.8, 4) is 12.3 Å². The fourth-order valence-corrected chi connectivity index (χ4v) is 4.48. The molecular formula is C28H22FN9O4. The number of carbonyl (C=O) groups is 1. The zero-order valence-corrected chi connectivity index (χ0v) is 22.0. The predicted molar refractivity (Wildman–Crippen MR) is 150 cm³/mol. The van der Waals surface area contributed by atoms with Crippen LogP contribution >= 0.6 is 0 Å². The summed E-state index contributed by atoms with van der Waals surface area (Å²) in [5.74, 6) is 1.52. The van der Waals surface area contributed by atoms with Crippen LogP contribution in [0.1, 0.15) is 39.2 Å². The third kappa shape index (κ3) is 5.80. The molecule has 0 saturated carbocycles. The number of terminal acetylenes is 1. The fraction of sp³-hybridized carbons (Fsp3) is 0.143. The Bertz CT molecular complexity index is 1900. The minimum absolute atomic E-state index is 0.0978. The third-order valence-corrected chi connectivity index (χ3v) is 6.43. The first kappa shape index (κ1) is 27.6. The minimum atomic E-state index is -1.03. The normalized spacial score (nSPS) is 11.5. The van der Waals surface area contributed by atoms with Gasteiger partial charge in [0.2, 0.25) is 0 Å². The summed E-state index contributed by atoms with van der Waals surface area (Å²) in [5.41, 5.74) is 1.27. The van der Waals surface area contributed by atoms with Crippen LogP contribution in [0, 0.1) is 35.2 Å². The van der Waals surface area contributed by atoms with Gasteiger partial charge in [0.05, 0.1) is 27.9 Å². The molecule has 14 heteroatoms. The number of nitrogens with zero attached hydrogens (tertiary/aromatic N) is 6. The average Bonchev–Trinajstić information content (AvgIpc) is 3.50. The smallest absolute Gasteiger partial charge is 0.269 e. The average molecular weight is 568 g/mol. The molecule has 1 amide bonds. The minimum Gasteiger partial charge on any atom is -0.356 e. The van der Waals surface area contributed by atoms with Gasteiger partial charge in [0.1, 0.15) is 17.7 Å². The zero-order chi connectivity index (χ0) is 29.8. The van der Waals surface area contributed by atoms with Gasteiger partial charge in [-0.1, -0.05) is 24.1 Å². The number of halogens is 1. The van der Waals surface area contributed by atoms with E-state index in [0.29, 0.717) is 28.0 Å². The lowest BCUT2D eigenvalue weighted by atomic mass is 10.0. The van der Waals surface area contributed by atoms with Gasteiger partial charge in [0, 0.05) is 24.4 Å². The monoisotopic (exact) mass is 567 g/mol. The second-order valence-electron chi connectivity index (χ2n) is 9.27. The van der Waals surface area contributed by atoms with E-state index in [1.165, 1.54) is 30.3 Å². The molecule has 3 N–H and O–H groups in total. The molecule has 1 atom stereocenters. The van der Waals surface area contributed by atoms with Crippen LogP contribution in [-0.4, -0.2) is 48.0 Å². The molecule has 5 rings (SSSR count). The van der Waals surface area contributed by atoms with Gasteiger partial charge >= 0.3 is 0 Å². The van der Waals surface area contributed by atoms with E-state index in [9.17, 15) is 19.7 Å². The van der Waals surface area contributed by atoms with Crippen molar-refractivity contribution in [1.82, 2.24) is 35.9 Å². The second kappa shape index (κ2) is 11.6. The largest absolute Gasteiger partial charge is 0.356 e. The highest BCUT2D eigenvalue weighted by Crippen LogP contribution is 2.25. The maximum Gasteiger partial charge on any atom is 0.269 e. The lowest BCUT2D eigenvalue weighted by Gasteiger charge is -2.23. The summed E-state index contributed by atoms with van der Waals surface area (Å²) in [6, 6.07) is 13.8. The molecule has 0 aliphatic carbocycles. The zero-order valence-electron chi connectivity index (χ0n) is 22.0. The number of non-ortho nitro benzene ring substituents is 1. The van der Waals surface area contributed by atoms with E-state index in [1.54, 1.807) is 36.1 Å². The molecule has 42 heavy (non-hydrogen) atoms. The number of aryl methyl sites for hydroxylation is 1. The summed E-state index contributed by atoms with van der Waals surface area (Å²) >= 11 is 0. The van der Waals surface area contributed by atoms with Gasteiger partial charge in [-0.15, -0.1) is 11.5 Å². The van der Waals surface area contributed by atoms with Crippen LogP contribution in [0.25, 0.3) is 10.9 Å². The highest BCUT2D eigenvalue weighted by molar-refractivity contribution is 5.95. The second-order valence-corrected chi connectivity index (χ2v) is 9.27. The van der Waals surface area contributed by atoms with E-state index in [1.807, 2.05) is 6.07 Å². The van der Waals surface area contributed by atoms with Gasteiger partial charge in [0.15, 0.2) is 5.82 Å². The highest BCUT2D eigenvalue weighted by atomic mass is 19.1. The molecule has 1 unspecified atom stereocenters. The van der Waals surface area contributed by atoms with Gasteiger partial charge in [-0.05, 0) is 58.8 Å². The quantitative estimate of drug-likeness (QED) is 0.137. The summed E-state index contributed by atoms with van der Waals surface area (Å²) in [6.45, 7) is 2.08.